The van der Waals surface area contributed by atoms with E-state index in [9.17, 15) is 9.59 Å². The molecular formula is C14H21N3O4. The minimum atomic E-state index is -0.881. The largest absolute Gasteiger partial charge is 0.494 e. The third-order valence-electron chi connectivity index (χ3n) is 2.95. The van der Waals surface area contributed by atoms with Crippen LogP contribution in [0, 0.1) is 5.41 Å². The number of rotatable bonds is 5. The summed E-state index contributed by atoms with van der Waals surface area (Å²) in [7, 11) is 1.46. The van der Waals surface area contributed by atoms with E-state index < -0.39 is 18.0 Å². The maximum atomic E-state index is 12.3. The number of carbonyl (C=O) groups excluding carboxylic acids is 2. The minimum absolute atomic E-state index is 0.0142. The van der Waals surface area contributed by atoms with E-state index in [-0.39, 0.29) is 17.7 Å². The van der Waals surface area contributed by atoms with Crippen molar-refractivity contribution in [2.45, 2.75) is 26.8 Å². The van der Waals surface area contributed by atoms with E-state index in [1.807, 2.05) is 20.8 Å². The summed E-state index contributed by atoms with van der Waals surface area (Å²) < 4.78 is 9.90. The number of methoxy groups -OCH3 is 1. The molecule has 1 aromatic heterocycles. The second-order valence-corrected chi connectivity index (χ2v) is 5.58. The summed E-state index contributed by atoms with van der Waals surface area (Å²) in [5, 5.41) is 2.79. The highest BCUT2D eigenvalue weighted by Gasteiger charge is 2.29. The molecule has 0 fully saturated rings. The smallest absolute Gasteiger partial charge is 0.404 e. The first-order valence-electron chi connectivity index (χ1n) is 6.47. The van der Waals surface area contributed by atoms with Crippen LogP contribution in [0.15, 0.2) is 18.3 Å². The van der Waals surface area contributed by atoms with Crippen LogP contribution in [-0.4, -0.2) is 36.7 Å². The Labute approximate surface area is 123 Å². The molecule has 0 saturated heterocycles. The zero-order valence-electron chi connectivity index (χ0n) is 12.7. The highest BCUT2D eigenvalue weighted by atomic mass is 16.5. The maximum Gasteiger partial charge on any atom is 0.404 e. The van der Waals surface area contributed by atoms with Crippen LogP contribution >= 0.6 is 0 Å². The first-order valence-corrected chi connectivity index (χ1v) is 6.47. The molecule has 0 spiro atoms. The number of hydrogen-bond acceptors (Lipinski definition) is 5. The summed E-state index contributed by atoms with van der Waals surface area (Å²) in [4.78, 5) is 27.1. The zero-order valence-corrected chi connectivity index (χ0v) is 12.7. The van der Waals surface area contributed by atoms with Crippen molar-refractivity contribution in [3.05, 3.63) is 24.0 Å². The molecule has 0 aromatic carbocycles. The lowest BCUT2D eigenvalue weighted by Gasteiger charge is -2.30. The number of carbonyl (C=O) groups is 2. The highest BCUT2D eigenvalue weighted by Crippen LogP contribution is 2.21. The fourth-order valence-corrected chi connectivity index (χ4v) is 1.63. The van der Waals surface area contributed by atoms with E-state index in [0.717, 1.165) is 0 Å². The van der Waals surface area contributed by atoms with Crippen molar-refractivity contribution >= 4 is 12.0 Å². The van der Waals surface area contributed by atoms with E-state index in [0.29, 0.717) is 5.75 Å². The molecule has 0 radical (unpaired) electrons. The third-order valence-corrected chi connectivity index (χ3v) is 2.95. The molecule has 1 unspecified atom stereocenters. The standard InChI is InChI=1S/C14H21N3O4/c1-14(2,3)10(8-21-13(15)19)17-12(18)11-9(20-4)6-5-7-16-11/h5-7,10H,8H2,1-4H3,(H2,15,19)(H,17,18). The fraction of sp³-hybridized carbons (Fsp3) is 0.500. The van der Waals surface area contributed by atoms with E-state index >= 15 is 0 Å². The molecule has 1 aromatic rings. The lowest BCUT2D eigenvalue weighted by atomic mass is 9.87. The lowest BCUT2D eigenvalue weighted by molar-refractivity contribution is 0.0796. The Hall–Kier alpha value is -2.31. The van der Waals surface area contributed by atoms with Crippen molar-refractivity contribution in [1.82, 2.24) is 10.3 Å². The maximum absolute atomic E-state index is 12.3. The number of nitrogens with two attached hydrogens (primary N) is 1. The van der Waals surface area contributed by atoms with Gasteiger partial charge >= 0.3 is 6.09 Å². The first-order chi connectivity index (χ1) is 9.75. The van der Waals surface area contributed by atoms with Crippen molar-refractivity contribution < 1.29 is 19.1 Å². The molecule has 0 aliphatic carbocycles. The molecule has 7 nitrogen and oxygen atoms in total. The van der Waals surface area contributed by atoms with Crippen molar-refractivity contribution in [3.63, 3.8) is 0 Å². The molecule has 0 aliphatic heterocycles. The molecular weight excluding hydrogens is 274 g/mol. The predicted molar refractivity (Wildman–Crippen MR) is 77.0 cm³/mol. The molecule has 116 valence electrons. The number of hydrogen-bond donors (Lipinski definition) is 2. The van der Waals surface area contributed by atoms with Gasteiger partial charge in [-0.05, 0) is 17.5 Å². The molecule has 21 heavy (non-hydrogen) atoms. The van der Waals surface area contributed by atoms with Crippen molar-refractivity contribution in [1.29, 1.82) is 0 Å². The van der Waals surface area contributed by atoms with Gasteiger partial charge < -0.3 is 20.5 Å². The molecule has 2 amide bonds. The normalized spacial score (nSPS) is 12.4. The molecule has 1 atom stereocenters. The van der Waals surface area contributed by atoms with E-state index in [2.05, 4.69) is 10.3 Å². The van der Waals surface area contributed by atoms with Gasteiger partial charge in [-0.3, -0.25) is 4.79 Å². The number of pyridine rings is 1. The van der Waals surface area contributed by atoms with Gasteiger partial charge in [0.1, 0.15) is 12.4 Å². The van der Waals surface area contributed by atoms with Gasteiger partial charge in [0.05, 0.1) is 13.2 Å². The Balaban J connectivity index is 2.87. The van der Waals surface area contributed by atoms with Gasteiger partial charge in [-0.2, -0.15) is 0 Å². The number of ether oxygens (including phenoxy) is 2. The van der Waals surface area contributed by atoms with Crippen LogP contribution in [0.4, 0.5) is 4.79 Å². The van der Waals surface area contributed by atoms with Crippen LogP contribution in [0.2, 0.25) is 0 Å². The number of primary amides is 1. The Morgan fingerprint density at radius 1 is 1.43 bits per heavy atom. The summed E-state index contributed by atoms with van der Waals surface area (Å²) in [6.07, 6.45) is 0.623. The summed E-state index contributed by atoms with van der Waals surface area (Å²) in [6.45, 7) is 5.73. The number of nitrogens with one attached hydrogen (secondary N) is 1. The highest BCUT2D eigenvalue weighted by molar-refractivity contribution is 5.95. The Morgan fingerprint density at radius 2 is 2.10 bits per heavy atom. The Bertz CT molecular complexity index is 511. The Morgan fingerprint density at radius 3 is 2.62 bits per heavy atom. The van der Waals surface area contributed by atoms with Gasteiger partial charge in [0.15, 0.2) is 5.69 Å². The zero-order chi connectivity index (χ0) is 16.0. The van der Waals surface area contributed by atoms with Crippen LogP contribution in [-0.2, 0) is 4.74 Å². The predicted octanol–water partition coefficient (Wildman–Crippen LogP) is 1.33. The number of aromatic nitrogens is 1. The van der Waals surface area contributed by atoms with Gasteiger partial charge in [0.2, 0.25) is 0 Å². The van der Waals surface area contributed by atoms with Crippen molar-refractivity contribution in [3.8, 4) is 5.75 Å². The second kappa shape index (κ2) is 6.92. The van der Waals surface area contributed by atoms with Crippen LogP contribution < -0.4 is 15.8 Å². The summed E-state index contributed by atoms with van der Waals surface area (Å²) in [6, 6.07) is 2.91. The van der Waals surface area contributed by atoms with Crippen LogP contribution in [0.25, 0.3) is 0 Å². The van der Waals surface area contributed by atoms with Crippen LogP contribution in [0.3, 0.4) is 0 Å². The topological polar surface area (TPSA) is 104 Å². The van der Waals surface area contributed by atoms with E-state index in [4.69, 9.17) is 15.2 Å². The third kappa shape index (κ3) is 4.94. The monoisotopic (exact) mass is 295 g/mol. The van der Waals surface area contributed by atoms with Gasteiger partial charge in [-0.1, -0.05) is 20.8 Å². The SMILES string of the molecule is COc1cccnc1C(=O)NC(COC(N)=O)C(C)(C)C. The van der Waals surface area contributed by atoms with E-state index in [1.165, 1.54) is 13.3 Å². The van der Waals surface area contributed by atoms with Crippen molar-refractivity contribution in [2.24, 2.45) is 11.1 Å². The van der Waals surface area contributed by atoms with E-state index in [1.54, 1.807) is 12.1 Å². The summed E-state index contributed by atoms with van der Waals surface area (Å²) in [5.74, 6) is -0.0288. The second-order valence-electron chi connectivity index (χ2n) is 5.58. The van der Waals surface area contributed by atoms with Gasteiger partial charge in [0, 0.05) is 6.20 Å². The molecule has 1 rings (SSSR count). The van der Waals surface area contributed by atoms with Crippen LogP contribution in [0.5, 0.6) is 5.75 Å². The molecule has 1 heterocycles. The quantitative estimate of drug-likeness (QED) is 0.853. The Kier molecular flexibility index (Phi) is 5.52. The molecule has 0 saturated carbocycles. The minimum Gasteiger partial charge on any atom is -0.494 e. The summed E-state index contributed by atoms with van der Waals surface area (Å²) >= 11 is 0. The molecule has 3 N–H and O–H groups in total. The molecule has 0 bridgehead atoms. The number of nitrogens with zero attached hydrogens (tertiary/aromatic N) is 1. The average molecular weight is 295 g/mol. The lowest BCUT2D eigenvalue weighted by Crippen LogP contribution is -2.47. The molecule has 0 aliphatic rings. The van der Waals surface area contributed by atoms with Crippen molar-refractivity contribution in [2.75, 3.05) is 13.7 Å². The average Bonchev–Trinajstić information content (AvgIpc) is 2.41. The van der Waals surface area contributed by atoms with Crippen LogP contribution in [0.1, 0.15) is 31.3 Å². The number of amides is 2. The van der Waals surface area contributed by atoms with Gasteiger partial charge in [0.25, 0.3) is 5.91 Å². The first kappa shape index (κ1) is 16.7. The summed E-state index contributed by atoms with van der Waals surface area (Å²) in [5.41, 5.74) is 4.81. The fourth-order valence-electron chi connectivity index (χ4n) is 1.63. The molecule has 7 heteroatoms. The van der Waals surface area contributed by atoms with Gasteiger partial charge in [-0.15, -0.1) is 0 Å². The van der Waals surface area contributed by atoms with Gasteiger partial charge in [-0.25, -0.2) is 9.78 Å².